The summed E-state index contributed by atoms with van der Waals surface area (Å²) in [6.07, 6.45) is 0. The lowest BCUT2D eigenvalue weighted by Gasteiger charge is -2.15. The maximum Gasteiger partial charge on any atom is 0.320 e. The topological polar surface area (TPSA) is 67.8 Å². The SMILES string of the molecule is COc1cc(CNC(C)C(=O)O)cc(Cl)c1OCc1ccc(C)cc1. The second kappa shape index (κ2) is 8.74. The quantitative estimate of drug-likeness (QED) is 0.746. The smallest absolute Gasteiger partial charge is 0.320 e. The van der Waals surface area contributed by atoms with Crippen LogP contribution in [0.1, 0.15) is 23.6 Å². The fourth-order valence-corrected chi connectivity index (χ4v) is 2.50. The fraction of sp³-hybridized carbons (Fsp3) is 0.316. The van der Waals surface area contributed by atoms with Crippen LogP contribution in [-0.2, 0) is 17.9 Å². The third kappa shape index (κ3) is 5.37. The molecule has 2 rings (SSSR count). The number of hydrogen-bond donors (Lipinski definition) is 2. The van der Waals surface area contributed by atoms with Gasteiger partial charge in [0, 0.05) is 6.54 Å². The van der Waals surface area contributed by atoms with Crippen molar-refractivity contribution in [1.82, 2.24) is 5.32 Å². The Hall–Kier alpha value is -2.24. The predicted octanol–water partition coefficient (Wildman–Crippen LogP) is 3.80. The van der Waals surface area contributed by atoms with Crippen molar-refractivity contribution in [2.75, 3.05) is 7.11 Å². The van der Waals surface area contributed by atoms with E-state index in [0.717, 1.165) is 11.1 Å². The summed E-state index contributed by atoms with van der Waals surface area (Å²) < 4.78 is 11.2. The molecule has 0 aromatic heterocycles. The fourth-order valence-electron chi connectivity index (χ4n) is 2.21. The molecule has 25 heavy (non-hydrogen) atoms. The van der Waals surface area contributed by atoms with Crippen molar-refractivity contribution >= 4 is 17.6 Å². The van der Waals surface area contributed by atoms with Crippen LogP contribution in [-0.4, -0.2) is 24.2 Å². The lowest BCUT2D eigenvalue weighted by Crippen LogP contribution is -2.33. The first-order valence-electron chi connectivity index (χ1n) is 7.91. The summed E-state index contributed by atoms with van der Waals surface area (Å²) in [6, 6.07) is 10.9. The minimum atomic E-state index is -0.906. The number of benzene rings is 2. The number of nitrogens with one attached hydrogen (secondary N) is 1. The first-order valence-corrected chi connectivity index (χ1v) is 8.29. The highest BCUT2D eigenvalue weighted by atomic mass is 35.5. The van der Waals surface area contributed by atoms with Gasteiger partial charge in [0.1, 0.15) is 12.6 Å². The second-order valence-electron chi connectivity index (χ2n) is 5.82. The molecule has 134 valence electrons. The van der Waals surface area contributed by atoms with Crippen LogP contribution in [0, 0.1) is 6.92 Å². The van der Waals surface area contributed by atoms with Gasteiger partial charge in [0.05, 0.1) is 12.1 Å². The third-order valence-corrected chi connectivity index (χ3v) is 4.06. The van der Waals surface area contributed by atoms with Crippen molar-refractivity contribution in [2.45, 2.75) is 33.0 Å². The first kappa shape index (κ1) is 19.1. The summed E-state index contributed by atoms with van der Waals surface area (Å²) >= 11 is 6.33. The Morgan fingerprint density at radius 2 is 1.92 bits per heavy atom. The average Bonchev–Trinajstić information content (AvgIpc) is 2.59. The van der Waals surface area contributed by atoms with E-state index in [1.165, 1.54) is 5.56 Å². The summed E-state index contributed by atoms with van der Waals surface area (Å²) in [4.78, 5) is 10.9. The average molecular weight is 364 g/mol. The van der Waals surface area contributed by atoms with Crippen LogP contribution < -0.4 is 14.8 Å². The van der Waals surface area contributed by atoms with Crippen LogP contribution in [0.5, 0.6) is 11.5 Å². The number of carboxylic acid groups (broad SMARTS) is 1. The minimum absolute atomic E-state index is 0.363. The number of ether oxygens (including phenoxy) is 2. The Labute approximate surface area is 152 Å². The molecule has 2 aromatic rings. The van der Waals surface area contributed by atoms with Gasteiger partial charge in [-0.15, -0.1) is 0 Å². The predicted molar refractivity (Wildman–Crippen MR) is 97.5 cm³/mol. The molecular weight excluding hydrogens is 342 g/mol. The molecule has 6 heteroatoms. The molecule has 0 aliphatic carbocycles. The summed E-state index contributed by atoms with van der Waals surface area (Å²) in [5, 5.41) is 12.2. The molecule has 0 aliphatic rings. The van der Waals surface area contributed by atoms with E-state index in [9.17, 15) is 4.79 Å². The van der Waals surface area contributed by atoms with E-state index in [1.54, 1.807) is 26.2 Å². The standard InChI is InChI=1S/C19H22ClNO4/c1-12-4-6-14(7-5-12)11-25-18-16(20)8-15(9-17(18)24-3)10-21-13(2)19(22)23/h4-9,13,21H,10-11H2,1-3H3,(H,22,23). The van der Waals surface area contributed by atoms with Crippen LogP contribution >= 0.6 is 11.6 Å². The second-order valence-corrected chi connectivity index (χ2v) is 6.23. The van der Waals surface area contributed by atoms with Crippen molar-refractivity contribution in [3.63, 3.8) is 0 Å². The zero-order chi connectivity index (χ0) is 18.4. The Morgan fingerprint density at radius 1 is 1.24 bits per heavy atom. The van der Waals surface area contributed by atoms with E-state index >= 15 is 0 Å². The number of hydrogen-bond acceptors (Lipinski definition) is 4. The van der Waals surface area contributed by atoms with Gasteiger partial charge in [-0.1, -0.05) is 41.4 Å². The van der Waals surface area contributed by atoms with E-state index in [4.69, 9.17) is 26.2 Å². The summed E-state index contributed by atoms with van der Waals surface area (Å²) in [5.74, 6) is 0.0790. The van der Waals surface area contributed by atoms with Gasteiger partial charge < -0.3 is 19.9 Å². The van der Waals surface area contributed by atoms with Crippen LogP contribution in [0.4, 0.5) is 0 Å². The van der Waals surface area contributed by atoms with Crippen molar-refractivity contribution in [2.24, 2.45) is 0 Å². The van der Waals surface area contributed by atoms with Crippen LogP contribution in [0.2, 0.25) is 5.02 Å². The Kier molecular flexibility index (Phi) is 6.67. The summed E-state index contributed by atoms with van der Waals surface area (Å²) in [7, 11) is 1.54. The molecule has 1 unspecified atom stereocenters. The lowest BCUT2D eigenvalue weighted by atomic mass is 10.1. The van der Waals surface area contributed by atoms with Gasteiger partial charge in [-0.05, 0) is 37.1 Å². The molecular formula is C19H22ClNO4. The Bertz CT molecular complexity index is 731. The monoisotopic (exact) mass is 363 g/mol. The van der Waals surface area contributed by atoms with Crippen molar-refractivity contribution < 1.29 is 19.4 Å². The minimum Gasteiger partial charge on any atom is -0.493 e. The van der Waals surface area contributed by atoms with E-state index in [0.29, 0.717) is 29.7 Å². The maximum absolute atomic E-state index is 10.9. The highest BCUT2D eigenvalue weighted by Gasteiger charge is 2.14. The van der Waals surface area contributed by atoms with Crippen molar-refractivity contribution in [3.05, 3.63) is 58.1 Å². The molecule has 0 fully saturated rings. The van der Waals surface area contributed by atoms with Gasteiger partial charge in [-0.2, -0.15) is 0 Å². The highest BCUT2D eigenvalue weighted by Crippen LogP contribution is 2.37. The van der Waals surface area contributed by atoms with Gasteiger partial charge in [-0.25, -0.2) is 0 Å². The largest absolute Gasteiger partial charge is 0.493 e. The third-order valence-electron chi connectivity index (χ3n) is 3.78. The summed E-state index contributed by atoms with van der Waals surface area (Å²) in [5.41, 5.74) is 3.04. The number of aryl methyl sites for hydroxylation is 1. The van der Waals surface area contributed by atoms with Crippen molar-refractivity contribution in [1.29, 1.82) is 0 Å². The Morgan fingerprint density at radius 3 is 2.52 bits per heavy atom. The molecule has 0 aliphatic heterocycles. The molecule has 0 radical (unpaired) electrons. The van der Waals surface area contributed by atoms with Gasteiger partial charge in [-0.3, -0.25) is 4.79 Å². The molecule has 2 N–H and O–H groups in total. The molecule has 0 spiro atoms. The van der Waals surface area contributed by atoms with Gasteiger partial charge in [0.25, 0.3) is 0 Å². The van der Waals surface area contributed by atoms with Crippen LogP contribution in [0.3, 0.4) is 0 Å². The van der Waals surface area contributed by atoms with Crippen LogP contribution in [0.25, 0.3) is 0 Å². The van der Waals surface area contributed by atoms with Gasteiger partial charge in [0.15, 0.2) is 11.5 Å². The number of rotatable bonds is 8. The highest BCUT2D eigenvalue weighted by molar-refractivity contribution is 6.32. The number of carbonyl (C=O) groups is 1. The summed E-state index contributed by atoms with van der Waals surface area (Å²) in [6.45, 7) is 4.36. The zero-order valence-electron chi connectivity index (χ0n) is 14.5. The van der Waals surface area contributed by atoms with Gasteiger partial charge in [0.2, 0.25) is 0 Å². The van der Waals surface area contributed by atoms with Crippen molar-refractivity contribution in [3.8, 4) is 11.5 Å². The lowest BCUT2D eigenvalue weighted by molar-refractivity contribution is -0.139. The number of carboxylic acids is 1. The Balaban J connectivity index is 2.10. The number of aliphatic carboxylic acids is 1. The normalized spacial score (nSPS) is 11.8. The van der Waals surface area contributed by atoms with E-state index in [2.05, 4.69) is 5.32 Å². The zero-order valence-corrected chi connectivity index (χ0v) is 15.3. The van der Waals surface area contributed by atoms with E-state index in [1.807, 2.05) is 31.2 Å². The number of methoxy groups -OCH3 is 1. The number of halogens is 1. The molecule has 0 amide bonds. The molecule has 0 saturated carbocycles. The maximum atomic E-state index is 10.9. The molecule has 0 heterocycles. The van der Waals surface area contributed by atoms with E-state index < -0.39 is 12.0 Å². The van der Waals surface area contributed by atoms with Crippen LogP contribution in [0.15, 0.2) is 36.4 Å². The molecule has 1 atom stereocenters. The van der Waals surface area contributed by atoms with Gasteiger partial charge >= 0.3 is 5.97 Å². The molecule has 0 bridgehead atoms. The van der Waals surface area contributed by atoms with E-state index in [-0.39, 0.29) is 0 Å². The first-order chi connectivity index (χ1) is 11.9. The molecule has 0 saturated heterocycles. The molecule has 2 aromatic carbocycles. The molecule has 5 nitrogen and oxygen atoms in total.